The number of phenols is 1. The van der Waals surface area contributed by atoms with Crippen LogP contribution in [0.1, 0.15) is 63.4 Å². The molecule has 1 N–H and O–H groups in total. The van der Waals surface area contributed by atoms with Crippen molar-refractivity contribution in [2.45, 2.75) is 59.9 Å². The number of benzene rings is 1. The first kappa shape index (κ1) is 22.0. The molecule has 1 heterocycles. The number of aromatic hydroxyl groups is 1. The maximum Gasteiger partial charge on any atom is 0.258 e. The van der Waals surface area contributed by atoms with Gasteiger partial charge >= 0.3 is 0 Å². The average molecular weight is 376 g/mol. The number of hydrogen-bond acceptors (Lipinski definition) is 2. The minimum Gasteiger partial charge on any atom is -0.506 e. The van der Waals surface area contributed by atoms with E-state index in [2.05, 4.69) is 6.58 Å². The zero-order valence-corrected chi connectivity index (χ0v) is 17.2. The van der Waals surface area contributed by atoms with Crippen molar-refractivity contribution in [3.8, 4) is 5.75 Å². The third kappa shape index (κ3) is 4.59. The van der Waals surface area contributed by atoms with E-state index in [1.165, 1.54) is 0 Å². The summed E-state index contributed by atoms with van der Waals surface area (Å²) in [5.41, 5.74) is 3.28. The van der Waals surface area contributed by atoms with E-state index in [4.69, 9.17) is 11.6 Å². The highest BCUT2D eigenvalue weighted by Gasteiger charge is 2.32. The van der Waals surface area contributed by atoms with Crippen LogP contribution in [0.5, 0.6) is 5.75 Å². The van der Waals surface area contributed by atoms with Crippen molar-refractivity contribution in [2.24, 2.45) is 0 Å². The van der Waals surface area contributed by atoms with Crippen molar-refractivity contribution in [3.63, 3.8) is 0 Å². The third-order valence-electron chi connectivity index (χ3n) is 4.40. The van der Waals surface area contributed by atoms with Gasteiger partial charge in [-0.05, 0) is 50.0 Å². The standard InChI is InChI=1S/C20H24ClNO2.C2H6/c1-5-8-9-18-14(6-2)10-13(4)22(18)20(24)16-11-15(7-3)19(23)17(21)12-16;1-2/h5-6,8,11-13,23H,2,7,9-10H2,1,3-4H3;1-2H3/b8-5-;. The number of hydrogen-bond donors (Lipinski definition) is 1. The summed E-state index contributed by atoms with van der Waals surface area (Å²) < 4.78 is 0. The molecule has 0 spiro atoms. The van der Waals surface area contributed by atoms with Crippen LogP contribution >= 0.6 is 11.6 Å². The van der Waals surface area contributed by atoms with Crippen LogP contribution in [-0.4, -0.2) is 22.0 Å². The van der Waals surface area contributed by atoms with E-state index in [9.17, 15) is 9.90 Å². The molecule has 2 rings (SSSR count). The topological polar surface area (TPSA) is 40.5 Å². The van der Waals surface area contributed by atoms with Crippen LogP contribution in [0, 0.1) is 0 Å². The van der Waals surface area contributed by atoms with Crippen LogP contribution in [0.15, 0.2) is 48.2 Å². The van der Waals surface area contributed by atoms with Crippen LogP contribution in [0.2, 0.25) is 5.02 Å². The fourth-order valence-corrected chi connectivity index (χ4v) is 3.36. The molecule has 3 nitrogen and oxygen atoms in total. The highest BCUT2D eigenvalue weighted by molar-refractivity contribution is 6.32. The number of nitrogens with zero attached hydrogens (tertiary/aromatic N) is 1. The van der Waals surface area contributed by atoms with E-state index in [1.807, 2.05) is 57.7 Å². The lowest BCUT2D eigenvalue weighted by atomic mass is 10.1. The molecule has 0 saturated carbocycles. The first-order chi connectivity index (χ1) is 12.4. The van der Waals surface area contributed by atoms with Gasteiger partial charge in [-0.15, -0.1) is 0 Å². The Morgan fingerprint density at radius 1 is 1.42 bits per heavy atom. The molecule has 1 aromatic rings. The van der Waals surface area contributed by atoms with Gasteiger partial charge in [0.1, 0.15) is 5.75 Å². The lowest BCUT2D eigenvalue weighted by molar-refractivity contribution is 0.0773. The van der Waals surface area contributed by atoms with Crippen molar-refractivity contribution in [3.05, 3.63) is 64.4 Å². The first-order valence-corrected chi connectivity index (χ1v) is 9.62. The number of phenolic OH excluding ortho intramolecular Hbond substituents is 1. The molecule has 0 fully saturated rings. The Hall–Kier alpha value is -2.00. The summed E-state index contributed by atoms with van der Waals surface area (Å²) in [6.07, 6.45) is 7.96. The summed E-state index contributed by atoms with van der Waals surface area (Å²) in [7, 11) is 0. The van der Waals surface area contributed by atoms with E-state index in [0.717, 1.165) is 17.7 Å². The van der Waals surface area contributed by atoms with Crippen molar-refractivity contribution < 1.29 is 9.90 Å². The average Bonchev–Trinajstić information content (AvgIpc) is 2.98. The molecule has 0 aromatic heterocycles. The van der Waals surface area contributed by atoms with Crippen LogP contribution in [0.3, 0.4) is 0 Å². The molecule has 1 atom stereocenters. The Balaban J connectivity index is 0.00000163. The quantitative estimate of drug-likeness (QED) is 0.615. The summed E-state index contributed by atoms with van der Waals surface area (Å²) in [5, 5.41) is 10.2. The highest BCUT2D eigenvalue weighted by atomic mass is 35.5. The number of amides is 1. The normalized spacial score (nSPS) is 16.7. The smallest absolute Gasteiger partial charge is 0.258 e. The Morgan fingerprint density at radius 3 is 2.62 bits per heavy atom. The molecule has 0 saturated heterocycles. The molecule has 142 valence electrons. The summed E-state index contributed by atoms with van der Waals surface area (Å²) in [6, 6.07) is 3.35. The van der Waals surface area contributed by atoms with Gasteiger partial charge in [-0.3, -0.25) is 4.79 Å². The van der Waals surface area contributed by atoms with Gasteiger partial charge in [0, 0.05) is 23.7 Å². The predicted molar refractivity (Wildman–Crippen MR) is 111 cm³/mol. The highest BCUT2D eigenvalue weighted by Crippen LogP contribution is 2.35. The maximum atomic E-state index is 13.1. The van der Waals surface area contributed by atoms with Crippen molar-refractivity contribution in [1.82, 2.24) is 4.90 Å². The van der Waals surface area contributed by atoms with Crippen molar-refractivity contribution >= 4 is 17.5 Å². The largest absolute Gasteiger partial charge is 0.506 e. The molecule has 4 heteroatoms. The Bertz CT molecular complexity index is 719. The molecule has 1 aliphatic rings. The van der Waals surface area contributed by atoms with Gasteiger partial charge in [-0.1, -0.05) is 57.2 Å². The van der Waals surface area contributed by atoms with Gasteiger partial charge in [0.05, 0.1) is 5.02 Å². The lowest BCUT2D eigenvalue weighted by Crippen LogP contribution is -2.34. The minimum atomic E-state index is -0.0875. The monoisotopic (exact) mass is 375 g/mol. The maximum absolute atomic E-state index is 13.1. The molecular formula is C22H30ClNO2. The van der Waals surface area contributed by atoms with Gasteiger partial charge in [0.15, 0.2) is 0 Å². The summed E-state index contributed by atoms with van der Waals surface area (Å²) in [5.74, 6) is -0.0305. The second-order valence-corrected chi connectivity index (χ2v) is 6.40. The first-order valence-electron chi connectivity index (χ1n) is 9.25. The van der Waals surface area contributed by atoms with Crippen LogP contribution in [-0.2, 0) is 6.42 Å². The van der Waals surface area contributed by atoms with Crippen LogP contribution in [0.25, 0.3) is 0 Å². The van der Waals surface area contributed by atoms with E-state index < -0.39 is 0 Å². The molecule has 1 unspecified atom stereocenters. The number of rotatable bonds is 5. The summed E-state index contributed by atoms with van der Waals surface area (Å²) in [4.78, 5) is 14.9. The van der Waals surface area contributed by atoms with Gasteiger partial charge in [-0.25, -0.2) is 0 Å². The number of carbonyl (C=O) groups excluding carboxylic acids is 1. The number of allylic oxidation sites excluding steroid dienone is 3. The fraction of sp³-hybridized carbons (Fsp3) is 0.409. The SMILES string of the molecule is C=CC1=C(C/C=C\C)N(C(=O)c2cc(Cl)c(O)c(CC)c2)C(C)C1.CC. The number of aryl methyl sites for hydroxylation is 1. The van der Waals surface area contributed by atoms with Gasteiger partial charge in [-0.2, -0.15) is 0 Å². The Labute approximate surface area is 162 Å². The second-order valence-electron chi connectivity index (χ2n) is 6.00. The van der Waals surface area contributed by atoms with Crippen LogP contribution in [0.4, 0.5) is 0 Å². The fourth-order valence-electron chi connectivity index (χ4n) is 3.12. The van der Waals surface area contributed by atoms with Crippen molar-refractivity contribution in [1.29, 1.82) is 0 Å². The van der Waals surface area contributed by atoms with Gasteiger partial charge < -0.3 is 10.0 Å². The lowest BCUT2D eigenvalue weighted by Gasteiger charge is -2.25. The van der Waals surface area contributed by atoms with E-state index in [-0.39, 0.29) is 22.7 Å². The molecule has 1 aromatic carbocycles. The van der Waals surface area contributed by atoms with E-state index >= 15 is 0 Å². The van der Waals surface area contributed by atoms with E-state index in [0.29, 0.717) is 24.0 Å². The Morgan fingerprint density at radius 2 is 2.08 bits per heavy atom. The molecule has 0 radical (unpaired) electrons. The molecule has 1 amide bonds. The zero-order valence-electron chi connectivity index (χ0n) is 16.5. The van der Waals surface area contributed by atoms with Gasteiger partial charge in [0.25, 0.3) is 5.91 Å². The number of carbonyl (C=O) groups is 1. The molecule has 1 aliphatic heterocycles. The van der Waals surface area contributed by atoms with Crippen molar-refractivity contribution in [2.75, 3.05) is 0 Å². The molecule has 26 heavy (non-hydrogen) atoms. The van der Waals surface area contributed by atoms with E-state index in [1.54, 1.807) is 12.1 Å². The number of halogens is 1. The zero-order chi connectivity index (χ0) is 19.9. The molecule has 0 bridgehead atoms. The third-order valence-corrected chi connectivity index (χ3v) is 4.69. The Kier molecular flexibility index (Phi) is 8.67. The van der Waals surface area contributed by atoms with Crippen LogP contribution < -0.4 is 0 Å². The predicted octanol–water partition coefficient (Wildman–Crippen LogP) is 6.27. The second kappa shape index (κ2) is 10.2. The van der Waals surface area contributed by atoms with Gasteiger partial charge in [0.2, 0.25) is 0 Å². The molecular weight excluding hydrogens is 346 g/mol. The summed E-state index contributed by atoms with van der Waals surface area (Å²) >= 11 is 6.10. The molecule has 0 aliphatic carbocycles. The minimum absolute atomic E-state index is 0.0571. The summed E-state index contributed by atoms with van der Waals surface area (Å²) in [6.45, 7) is 13.8.